The monoisotopic (exact) mass is 480 g/mol. The van der Waals surface area contributed by atoms with Crippen LogP contribution in [-0.2, 0) is 0 Å². The topological polar surface area (TPSA) is 53.5 Å². The molecule has 2 aromatic heterocycles. The van der Waals surface area contributed by atoms with E-state index in [0.717, 1.165) is 23.5 Å². The Balaban J connectivity index is 2.15. The molecule has 1 unspecified atom stereocenters. The van der Waals surface area contributed by atoms with Gasteiger partial charge >= 0.3 is 12.7 Å². The number of pyridine rings is 1. The van der Waals surface area contributed by atoms with Crippen molar-refractivity contribution in [3.05, 3.63) is 41.2 Å². The van der Waals surface area contributed by atoms with Crippen LogP contribution >= 0.6 is 11.3 Å². The van der Waals surface area contributed by atoms with Crippen LogP contribution < -0.4 is 14.2 Å². The first-order chi connectivity index (χ1) is 15.0. The Morgan fingerprint density at radius 1 is 0.969 bits per heavy atom. The first kappa shape index (κ1) is 23.9. The fraction of sp³-hybridized carbons (Fsp3) is 0.400. The van der Waals surface area contributed by atoms with E-state index >= 15 is 0 Å². The molecule has 5 nitrogen and oxygen atoms in total. The molecule has 2 heterocycles. The fourth-order valence-corrected chi connectivity index (χ4v) is 4.37. The number of ether oxygens (including phenoxy) is 3. The molecule has 0 aliphatic rings. The third-order valence-electron chi connectivity index (χ3n) is 4.30. The zero-order valence-electron chi connectivity index (χ0n) is 16.9. The van der Waals surface area contributed by atoms with Gasteiger partial charge in [-0.05, 0) is 31.5 Å². The number of halogens is 6. The zero-order chi connectivity index (χ0) is 23.5. The molecule has 0 N–H and O–H groups in total. The highest BCUT2D eigenvalue weighted by atomic mass is 32.1. The molecule has 0 bridgehead atoms. The standard InChI is InChI=1S/C20H18F6N2O3S/c1-3-5-11(12-10-27-9-8-14(12)29-4-2)18-28-13-6-7-15(30-19(21,22)23)16(17(13)32-18)31-20(24,25)26/h6-11H,3-5H2,1-2H3. The normalized spacial score (nSPS) is 13.2. The molecular formula is C20H18F6N2O3S. The summed E-state index contributed by atoms with van der Waals surface area (Å²) in [6, 6.07) is 3.59. The average molecular weight is 480 g/mol. The molecule has 0 fully saturated rings. The van der Waals surface area contributed by atoms with Crippen LogP contribution in [-0.4, -0.2) is 29.3 Å². The molecule has 0 aliphatic heterocycles. The van der Waals surface area contributed by atoms with Crippen LogP contribution in [0.3, 0.4) is 0 Å². The van der Waals surface area contributed by atoms with E-state index in [1.54, 1.807) is 25.4 Å². The smallest absolute Gasteiger partial charge is 0.493 e. The zero-order valence-corrected chi connectivity index (χ0v) is 17.7. The highest BCUT2D eigenvalue weighted by Gasteiger charge is 2.38. The van der Waals surface area contributed by atoms with E-state index in [1.165, 1.54) is 0 Å². The van der Waals surface area contributed by atoms with Gasteiger partial charge in [-0.15, -0.1) is 37.7 Å². The Bertz CT molecular complexity index is 1070. The van der Waals surface area contributed by atoms with Crippen molar-refractivity contribution in [1.82, 2.24) is 9.97 Å². The third-order valence-corrected chi connectivity index (χ3v) is 5.48. The molecule has 32 heavy (non-hydrogen) atoms. The van der Waals surface area contributed by atoms with E-state index < -0.39 is 30.1 Å². The van der Waals surface area contributed by atoms with Crippen LogP contribution in [0.15, 0.2) is 30.6 Å². The lowest BCUT2D eigenvalue weighted by atomic mass is 9.96. The maximum absolute atomic E-state index is 13.0. The van der Waals surface area contributed by atoms with Gasteiger partial charge in [-0.25, -0.2) is 4.98 Å². The van der Waals surface area contributed by atoms with Crippen molar-refractivity contribution < 1.29 is 40.6 Å². The molecule has 0 saturated carbocycles. The Morgan fingerprint density at radius 3 is 2.31 bits per heavy atom. The lowest BCUT2D eigenvalue weighted by Crippen LogP contribution is -2.21. The predicted molar refractivity (Wildman–Crippen MR) is 105 cm³/mol. The second-order valence-electron chi connectivity index (χ2n) is 6.58. The fourth-order valence-electron chi connectivity index (χ4n) is 3.18. The summed E-state index contributed by atoms with van der Waals surface area (Å²) < 4.78 is 90.2. The van der Waals surface area contributed by atoms with Gasteiger partial charge in [0.2, 0.25) is 0 Å². The van der Waals surface area contributed by atoms with E-state index in [9.17, 15) is 26.3 Å². The van der Waals surface area contributed by atoms with Gasteiger partial charge < -0.3 is 14.2 Å². The van der Waals surface area contributed by atoms with Gasteiger partial charge in [0.15, 0.2) is 11.5 Å². The number of rotatable bonds is 8. The Labute approximate surface area is 183 Å². The average Bonchev–Trinajstić information content (AvgIpc) is 3.11. The van der Waals surface area contributed by atoms with Gasteiger partial charge in [0.25, 0.3) is 0 Å². The maximum Gasteiger partial charge on any atom is 0.573 e. The van der Waals surface area contributed by atoms with Crippen LogP contribution in [0.2, 0.25) is 0 Å². The molecule has 12 heteroatoms. The van der Waals surface area contributed by atoms with Crippen molar-refractivity contribution in [1.29, 1.82) is 0 Å². The third kappa shape index (κ3) is 5.72. The Kier molecular flexibility index (Phi) is 7.01. The molecule has 0 aliphatic carbocycles. The van der Waals surface area contributed by atoms with E-state index in [0.29, 0.717) is 35.8 Å². The van der Waals surface area contributed by atoms with Crippen LogP contribution in [0.25, 0.3) is 10.2 Å². The minimum absolute atomic E-state index is 0.0572. The molecule has 3 aromatic rings. The van der Waals surface area contributed by atoms with Gasteiger partial charge in [0.1, 0.15) is 15.5 Å². The van der Waals surface area contributed by atoms with E-state index in [1.807, 2.05) is 6.92 Å². The van der Waals surface area contributed by atoms with E-state index in [2.05, 4.69) is 19.4 Å². The molecule has 0 radical (unpaired) electrons. The highest BCUT2D eigenvalue weighted by Crippen LogP contribution is 2.46. The first-order valence-corrected chi connectivity index (χ1v) is 10.4. The summed E-state index contributed by atoms with van der Waals surface area (Å²) in [7, 11) is 0. The first-order valence-electron chi connectivity index (χ1n) is 9.54. The number of hydrogen-bond acceptors (Lipinski definition) is 6. The van der Waals surface area contributed by atoms with Crippen molar-refractivity contribution >= 4 is 21.6 Å². The van der Waals surface area contributed by atoms with E-state index in [4.69, 9.17) is 4.74 Å². The number of nitrogens with zero attached hydrogens (tertiary/aromatic N) is 2. The van der Waals surface area contributed by atoms with Crippen LogP contribution in [0.4, 0.5) is 26.3 Å². The molecule has 1 atom stereocenters. The van der Waals surface area contributed by atoms with Gasteiger partial charge in [-0.3, -0.25) is 4.98 Å². The quantitative estimate of drug-likeness (QED) is 0.331. The van der Waals surface area contributed by atoms with Crippen LogP contribution in [0.1, 0.15) is 43.2 Å². The van der Waals surface area contributed by atoms with Crippen LogP contribution in [0.5, 0.6) is 17.2 Å². The summed E-state index contributed by atoms with van der Waals surface area (Å²) in [6.45, 7) is 4.11. The van der Waals surface area contributed by atoms with Gasteiger partial charge in [-0.2, -0.15) is 0 Å². The summed E-state index contributed by atoms with van der Waals surface area (Å²) >= 11 is 0.808. The van der Waals surface area contributed by atoms with Crippen molar-refractivity contribution in [3.8, 4) is 17.2 Å². The van der Waals surface area contributed by atoms with Gasteiger partial charge in [0, 0.05) is 23.9 Å². The number of benzene rings is 1. The Morgan fingerprint density at radius 2 is 1.69 bits per heavy atom. The van der Waals surface area contributed by atoms with E-state index in [-0.39, 0.29) is 10.2 Å². The lowest BCUT2D eigenvalue weighted by molar-refractivity contribution is -0.286. The molecule has 0 amide bonds. The minimum atomic E-state index is -5.23. The number of aromatic nitrogens is 2. The highest BCUT2D eigenvalue weighted by molar-refractivity contribution is 7.19. The van der Waals surface area contributed by atoms with Gasteiger partial charge in [0.05, 0.1) is 12.1 Å². The number of thiazole rings is 1. The van der Waals surface area contributed by atoms with Crippen molar-refractivity contribution in [2.45, 2.75) is 45.3 Å². The largest absolute Gasteiger partial charge is 0.573 e. The second-order valence-corrected chi connectivity index (χ2v) is 7.61. The molecule has 3 rings (SSSR count). The number of fused-ring (bicyclic) bond motifs is 1. The van der Waals surface area contributed by atoms with Gasteiger partial charge in [-0.1, -0.05) is 13.3 Å². The summed E-state index contributed by atoms with van der Waals surface area (Å²) in [5.41, 5.74) is 0.738. The number of alkyl halides is 6. The van der Waals surface area contributed by atoms with Crippen molar-refractivity contribution in [3.63, 3.8) is 0 Å². The summed E-state index contributed by atoms with van der Waals surface area (Å²) in [6.07, 6.45) is -6.02. The van der Waals surface area contributed by atoms with Crippen molar-refractivity contribution in [2.75, 3.05) is 6.61 Å². The SMILES string of the molecule is CCCC(c1nc2ccc(OC(F)(F)F)c(OC(F)(F)F)c2s1)c1cnccc1OCC. The summed E-state index contributed by atoms with van der Waals surface area (Å²) in [5, 5.41) is 0.395. The predicted octanol–water partition coefficient (Wildman–Crippen LogP) is 6.82. The Hall–Kier alpha value is -2.76. The summed E-state index contributed by atoms with van der Waals surface area (Å²) in [5.74, 6) is -2.02. The lowest BCUT2D eigenvalue weighted by Gasteiger charge is -2.17. The maximum atomic E-state index is 13.0. The minimum Gasteiger partial charge on any atom is -0.493 e. The summed E-state index contributed by atoms with van der Waals surface area (Å²) in [4.78, 5) is 8.50. The molecular weight excluding hydrogens is 462 g/mol. The second kappa shape index (κ2) is 9.39. The van der Waals surface area contributed by atoms with Crippen LogP contribution in [0, 0.1) is 0 Å². The number of hydrogen-bond donors (Lipinski definition) is 0. The molecule has 174 valence electrons. The molecule has 1 aromatic carbocycles. The molecule has 0 spiro atoms. The van der Waals surface area contributed by atoms with Crippen molar-refractivity contribution in [2.24, 2.45) is 0 Å². The molecule has 0 saturated heterocycles.